The van der Waals surface area contributed by atoms with Crippen molar-refractivity contribution in [1.29, 1.82) is 0 Å². The summed E-state index contributed by atoms with van der Waals surface area (Å²) in [5, 5.41) is 4.77. The highest BCUT2D eigenvalue weighted by atomic mass is 16.6. The van der Waals surface area contributed by atoms with E-state index in [4.69, 9.17) is 9.47 Å². The first kappa shape index (κ1) is 18.7. The molecule has 0 unspecified atom stereocenters. The minimum Gasteiger partial charge on any atom is -0.486 e. The number of imide groups is 1. The van der Waals surface area contributed by atoms with Gasteiger partial charge in [-0.25, -0.2) is 4.79 Å². The molecule has 2 aromatic carbocycles. The molecule has 0 spiro atoms. The molecule has 0 bridgehead atoms. The first-order chi connectivity index (χ1) is 13.1. The number of carbonyl (C=O) groups is 2. The maximum absolute atomic E-state index is 12.7. The Morgan fingerprint density at radius 2 is 1.78 bits per heavy atom. The van der Waals surface area contributed by atoms with E-state index in [2.05, 4.69) is 10.6 Å². The Morgan fingerprint density at radius 3 is 2.48 bits per heavy atom. The largest absolute Gasteiger partial charge is 0.486 e. The predicted octanol–water partition coefficient (Wildman–Crippen LogP) is 2.09. The molecule has 3 rings (SSSR count). The average molecular weight is 369 g/mol. The summed E-state index contributed by atoms with van der Waals surface area (Å²) in [6.45, 7) is 1.56. The quantitative estimate of drug-likeness (QED) is 0.844. The van der Waals surface area contributed by atoms with Gasteiger partial charge in [0.25, 0.3) is 0 Å². The van der Waals surface area contributed by atoms with Crippen molar-refractivity contribution in [1.82, 2.24) is 15.5 Å². The molecule has 3 amide bonds. The minimum absolute atomic E-state index is 0.388. The van der Waals surface area contributed by atoms with Gasteiger partial charge in [0, 0.05) is 13.6 Å². The van der Waals surface area contributed by atoms with Crippen LogP contribution in [0, 0.1) is 0 Å². The van der Waals surface area contributed by atoms with Crippen LogP contribution in [0.25, 0.3) is 0 Å². The lowest BCUT2D eigenvalue weighted by Crippen LogP contribution is -2.44. The number of hydrogen-bond acceptors (Lipinski definition) is 5. The monoisotopic (exact) mass is 369 g/mol. The van der Waals surface area contributed by atoms with Crippen LogP contribution < -0.4 is 20.1 Å². The van der Waals surface area contributed by atoms with Gasteiger partial charge in [0.15, 0.2) is 11.5 Å². The summed E-state index contributed by atoms with van der Waals surface area (Å²) in [5.74, 6) is 1.04. The van der Waals surface area contributed by atoms with E-state index in [-0.39, 0.29) is 5.91 Å². The maximum Gasteiger partial charge on any atom is 0.321 e. The Balaban J connectivity index is 1.81. The summed E-state index contributed by atoms with van der Waals surface area (Å²) in [4.78, 5) is 26.2. The van der Waals surface area contributed by atoms with Crippen molar-refractivity contribution in [3.05, 3.63) is 59.7 Å². The van der Waals surface area contributed by atoms with E-state index in [1.807, 2.05) is 60.5 Å². The Hall–Kier alpha value is -3.06. The van der Waals surface area contributed by atoms with Gasteiger partial charge in [-0.15, -0.1) is 0 Å². The molecule has 0 saturated heterocycles. The molecule has 2 aromatic rings. The summed E-state index contributed by atoms with van der Waals surface area (Å²) in [7, 11) is 3.32. The molecule has 0 radical (unpaired) electrons. The third kappa shape index (κ3) is 4.57. The van der Waals surface area contributed by atoms with E-state index >= 15 is 0 Å². The van der Waals surface area contributed by atoms with Gasteiger partial charge in [0.05, 0.1) is 0 Å². The standard InChI is InChI=1S/C20H23N3O4/c1-21-20(25)22-19(24)18(15-6-4-3-5-7-15)23(2)13-14-8-9-16-17(12-14)27-11-10-26-16/h3-9,12,18H,10-11,13H2,1-2H3,(H2,21,22,24,25)/t18-/m1/s1. The number of benzene rings is 2. The number of nitrogens with one attached hydrogen (secondary N) is 2. The fourth-order valence-corrected chi connectivity index (χ4v) is 3.05. The SMILES string of the molecule is CNC(=O)NC(=O)[C@@H](c1ccccc1)N(C)Cc1ccc2c(c1)OCCO2. The smallest absolute Gasteiger partial charge is 0.321 e. The van der Waals surface area contributed by atoms with Crippen LogP contribution in [-0.2, 0) is 11.3 Å². The van der Waals surface area contributed by atoms with E-state index in [1.54, 1.807) is 0 Å². The van der Waals surface area contributed by atoms with Gasteiger partial charge in [0.1, 0.15) is 19.3 Å². The van der Waals surface area contributed by atoms with E-state index in [0.717, 1.165) is 16.9 Å². The van der Waals surface area contributed by atoms with Gasteiger partial charge in [-0.2, -0.15) is 0 Å². The van der Waals surface area contributed by atoms with Crippen molar-refractivity contribution in [3.8, 4) is 11.5 Å². The van der Waals surface area contributed by atoms with Crippen molar-refractivity contribution >= 4 is 11.9 Å². The number of rotatable bonds is 5. The maximum atomic E-state index is 12.7. The first-order valence-electron chi connectivity index (χ1n) is 8.75. The number of carbonyl (C=O) groups excluding carboxylic acids is 2. The second kappa shape index (κ2) is 8.55. The zero-order chi connectivity index (χ0) is 19.2. The van der Waals surface area contributed by atoms with Crippen LogP contribution in [0.3, 0.4) is 0 Å². The Labute approximate surface area is 158 Å². The van der Waals surface area contributed by atoms with Crippen LogP contribution in [0.2, 0.25) is 0 Å². The van der Waals surface area contributed by atoms with Gasteiger partial charge in [-0.1, -0.05) is 36.4 Å². The molecular formula is C20H23N3O4. The Bertz CT molecular complexity index is 810. The van der Waals surface area contributed by atoms with Gasteiger partial charge in [-0.05, 0) is 30.3 Å². The summed E-state index contributed by atoms with van der Waals surface area (Å²) >= 11 is 0. The molecule has 27 heavy (non-hydrogen) atoms. The number of fused-ring (bicyclic) bond motifs is 1. The van der Waals surface area contributed by atoms with Crippen LogP contribution in [0.4, 0.5) is 4.79 Å². The van der Waals surface area contributed by atoms with Crippen LogP contribution >= 0.6 is 0 Å². The molecule has 2 N–H and O–H groups in total. The summed E-state index contributed by atoms with van der Waals surface area (Å²) < 4.78 is 11.2. The van der Waals surface area contributed by atoms with Crippen molar-refractivity contribution in [2.24, 2.45) is 0 Å². The van der Waals surface area contributed by atoms with Crippen LogP contribution in [0.5, 0.6) is 11.5 Å². The van der Waals surface area contributed by atoms with Crippen molar-refractivity contribution in [2.75, 3.05) is 27.3 Å². The van der Waals surface area contributed by atoms with E-state index in [1.165, 1.54) is 7.05 Å². The molecular weight excluding hydrogens is 346 g/mol. The number of nitrogens with zero attached hydrogens (tertiary/aromatic N) is 1. The van der Waals surface area contributed by atoms with E-state index in [9.17, 15) is 9.59 Å². The predicted molar refractivity (Wildman–Crippen MR) is 101 cm³/mol. The molecule has 0 saturated carbocycles. The first-order valence-corrected chi connectivity index (χ1v) is 8.75. The van der Waals surface area contributed by atoms with Gasteiger partial charge in [0.2, 0.25) is 5.91 Å². The number of hydrogen-bond donors (Lipinski definition) is 2. The number of likely N-dealkylation sites (N-methyl/N-ethyl adjacent to an activating group) is 1. The van der Waals surface area contributed by atoms with Crippen LogP contribution in [-0.4, -0.2) is 44.1 Å². The number of amides is 3. The van der Waals surface area contributed by atoms with E-state index in [0.29, 0.717) is 25.5 Å². The topological polar surface area (TPSA) is 79.9 Å². The normalized spacial score (nSPS) is 13.7. The van der Waals surface area contributed by atoms with Gasteiger partial charge in [-0.3, -0.25) is 15.0 Å². The third-order valence-corrected chi connectivity index (χ3v) is 4.31. The van der Waals surface area contributed by atoms with Gasteiger partial charge >= 0.3 is 6.03 Å². The molecule has 142 valence electrons. The summed E-state index contributed by atoms with van der Waals surface area (Å²) in [6.07, 6.45) is 0. The lowest BCUT2D eigenvalue weighted by Gasteiger charge is -2.28. The number of urea groups is 1. The van der Waals surface area contributed by atoms with Gasteiger partial charge < -0.3 is 14.8 Å². The lowest BCUT2D eigenvalue weighted by molar-refractivity contribution is -0.125. The van der Waals surface area contributed by atoms with Crippen molar-refractivity contribution in [2.45, 2.75) is 12.6 Å². The second-order valence-electron chi connectivity index (χ2n) is 6.27. The van der Waals surface area contributed by atoms with Crippen molar-refractivity contribution < 1.29 is 19.1 Å². The van der Waals surface area contributed by atoms with E-state index < -0.39 is 12.1 Å². The summed E-state index contributed by atoms with van der Waals surface area (Å²) in [5.41, 5.74) is 1.79. The molecule has 1 aliphatic rings. The Morgan fingerprint density at radius 1 is 1.07 bits per heavy atom. The zero-order valence-corrected chi connectivity index (χ0v) is 15.4. The van der Waals surface area contributed by atoms with Crippen LogP contribution in [0.15, 0.2) is 48.5 Å². The lowest BCUT2D eigenvalue weighted by atomic mass is 10.0. The zero-order valence-electron chi connectivity index (χ0n) is 15.4. The molecule has 0 fully saturated rings. The minimum atomic E-state index is -0.614. The second-order valence-corrected chi connectivity index (χ2v) is 6.27. The molecule has 1 heterocycles. The highest BCUT2D eigenvalue weighted by molar-refractivity contribution is 5.97. The molecule has 0 aromatic heterocycles. The highest BCUT2D eigenvalue weighted by Crippen LogP contribution is 2.32. The molecule has 7 heteroatoms. The molecule has 1 aliphatic heterocycles. The Kier molecular flexibility index (Phi) is 5.93. The average Bonchev–Trinajstić information content (AvgIpc) is 2.68. The highest BCUT2D eigenvalue weighted by Gasteiger charge is 2.26. The third-order valence-electron chi connectivity index (χ3n) is 4.31. The molecule has 1 atom stereocenters. The van der Waals surface area contributed by atoms with Crippen molar-refractivity contribution in [3.63, 3.8) is 0 Å². The fraction of sp³-hybridized carbons (Fsp3) is 0.300. The molecule has 0 aliphatic carbocycles. The fourth-order valence-electron chi connectivity index (χ4n) is 3.05. The number of ether oxygens (including phenoxy) is 2. The molecule has 7 nitrogen and oxygen atoms in total. The summed E-state index contributed by atoms with van der Waals surface area (Å²) in [6, 6.07) is 14.0. The van der Waals surface area contributed by atoms with Crippen LogP contribution in [0.1, 0.15) is 17.2 Å².